The van der Waals surface area contributed by atoms with E-state index in [9.17, 15) is 9.18 Å². The SMILES string of the molecule is Cc1cccc(C2=NN(C(=O)c3cccc(F)c3)CC2)c1. The predicted octanol–water partition coefficient (Wildman–Crippen LogP) is 3.38. The Morgan fingerprint density at radius 3 is 2.76 bits per heavy atom. The van der Waals surface area contributed by atoms with E-state index in [1.54, 1.807) is 6.07 Å². The molecule has 0 fully saturated rings. The predicted molar refractivity (Wildman–Crippen MR) is 79.8 cm³/mol. The van der Waals surface area contributed by atoms with Gasteiger partial charge in [-0.25, -0.2) is 9.40 Å². The summed E-state index contributed by atoms with van der Waals surface area (Å²) in [6.45, 7) is 2.55. The number of carbonyl (C=O) groups excluding carboxylic acids is 1. The molecule has 0 saturated heterocycles. The number of rotatable bonds is 2. The van der Waals surface area contributed by atoms with Gasteiger partial charge in [-0.05, 0) is 30.7 Å². The van der Waals surface area contributed by atoms with Crippen molar-refractivity contribution >= 4 is 11.6 Å². The number of hydrogen-bond donors (Lipinski definition) is 0. The summed E-state index contributed by atoms with van der Waals surface area (Å²) in [4.78, 5) is 12.3. The average Bonchev–Trinajstić information content (AvgIpc) is 2.96. The Balaban J connectivity index is 1.84. The maximum Gasteiger partial charge on any atom is 0.274 e. The minimum Gasteiger partial charge on any atom is -0.267 e. The molecule has 0 atom stereocenters. The molecule has 0 N–H and O–H groups in total. The largest absolute Gasteiger partial charge is 0.274 e. The third-order valence-electron chi connectivity index (χ3n) is 3.46. The summed E-state index contributed by atoms with van der Waals surface area (Å²) < 4.78 is 13.2. The lowest BCUT2D eigenvalue weighted by molar-refractivity contribution is 0.0778. The fourth-order valence-corrected chi connectivity index (χ4v) is 2.40. The number of carbonyl (C=O) groups is 1. The molecule has 0 spiro atoms. The van der Waals surface area contributed by atoms with Crippen molar-refractivity contribution < 1.29 is 9.18 Å². The molecule has 106 valence electrons. The Morgan fingerprint density at radius 2 is 2.00 bits per heavy atom. The molecular weight excluding hydrogens is 267 g/mol. The quantitative estimate of drug-likeness (QED) is 0.831. The third-order valence-corrected chi connectivity index (χ3v) is 3.46. The molecule has 0 aromatic heterocycles. The normalized spacial score (nSPS) is 14.2. The highest BCUT2D eigenvalue weighted by Crippen LogP contribution is 2.17. The van der Waals surface area contributed by atoms with Gasteiger partial charge in [0.05, 0.1) is 12.3 Å². The summed E-state index contributed by atoms with van der Waals surface area (Å²) in [5.41, 5.74) is 3.40. The Morgan fingerprint density at radius 1 is 1.19 bits per heavy atom. The Labute approximate surface area is 122 Å². The van der Waals surface area contributed by atoms with E-state index in [4.69, 9.17) is 0 Å². The number of amides is 1. The van der Waals surface area contributed by atoms with Gasteiger partial charge in [-0.1, -0.05) is 35.9 Å². The van der Waals surface area contributed by atoms with Crippen LogP contribution in [0.15, 0.2) is 53.6 Å². The molecule has 2 aromatic carbocycles. The fourth-order valence-electron chi connectivity index (χ4n) is 2.40. The van der Waals surface area contributed by atoms with E-state index in [1.807, 2.05) is 25.1 Å². The van der Waals surface area contributed by atoms with Gasteiger partial charge >= 0.3 is 0 Å². The monoisotopic (exact) mass is 282 g/mol. The lowest BCUT2D eigenvalue weighted by Gasteiger charge is -2.11. The van der Waals surface area contributed by atoms with E-state index in [0.29, 0.717) is 18.5 Å². The second-order valence-electron chi connectivity index (χ2n) is 5.10. The zero-order valence-electron chi connectivity index (χ0n) is 11.7. The van der Waals surface area contributed by atoms with Crippen molar-refractivity contribution in [3.05, 3.63) is 71.0 Å². The van der Waals surface area contributed by atoms with Crippen LogP contribution in [0.3, 0.4) is 0 Å². The molecular formula is C17H15FN2O. The van der Waals surface area contributed by atoms with Gasteiger partial charge in [0.25, 0.3) is 5.91 Å². The molecule has 21 heavy (non-hydrogen) atoms. The smallest absolute Gasteiger partial charge is 0.267 e. The molecule has 0 radical (unpaired) electrons. The Kier molecular flexibility index (Phi) is 3.52. The summed E-state index contributed by atoms with van der Waals surface area (Å²) in [7, 11) is 0. The molecule has 0 bridgehead atoms. The van der Waals surface area contributed by atoms with Crippen LogP contribution in [0.2, 0.25) is 0 Å². The molecule has 0 unspecified atom stereocenters. The highest BCUT2D eigenvalue weighted by Gasteiger charge is 2.22. The van der Waals surface area contributed by atoms with Crippen LogP contribution in [-0.2, 0) is 0 Å². The van der Waals surface area contributed by atoms with Crippen LogP contribution in [0.1, 0.15) is 27.9 Å². The first-order chi connectivity index (χ1) is 10.1. The van der Waals surface area contributed by atoms with Crippen molar-refractivity contribution in [2.45, 2.75) is 13.3 Å². The van der Waals surface area contributed by atoms with Crippen LogP contribution in [-0.4, -0.2) is 23.2 Å². The minimum atomic E-state index is -0.414. The van der Waals surface area contributed by atoms with Crippen molar-refractivity contribution in [1.29, 1.82) is 0 Å². The minimum absolute atomic E-state index is 0.267. The van der Waals surface area contributed by atoms with E-state index in [-0.39, 0.29) is 5.91 Å². The number of benzene rings is 2. The summed E-state index contributed by atoms with van der Waals surface area (Å²) in [6.07, 6.45) is 0.713. The van der Waals surface area contributed by atoms with Gasteiger partial charge in [0.1, 0.15) is 5.82 Å². The van der Waals surface area contributed by atoms with Crippen molar-refractivity contribution in [3.8, 4) is 0 Å². The molecule has 0 saturated carbocycles. The van der Waals surface area contributed by atoms with Gasteiger partial charge in [0.15, 0.2) is 0 Å². The highest BCUT2D eigenvalue weighted by atomic mass is 19.1. The first kappa shape index (κ1) is 13.5. The van der Waals surface area contributed by atoms with Gasteiger partial charge < -0.3 is 0 Å². The molecule has 2 aromatic rings. The molecule has 1 aliphatic rings. The third kappa shape index (κ3) is 2.84. The van der Waals surface area contributed by atoms with E-state index < -0.39 is 5.82 Å². The van der Waals surface area contributed by atoms with Gasteiger partial charge in [0, 0.05) is 12.0 Å². The maximum atomic E-state index is 13.2. The topological polar surface area (TPSA) is 32.7 Å². The van der Waals surface area contributed by atoms with E-state index in [2.05, 4.69) is 11.2 Å². The van der Waals surface area contributed by atoms with Crippen molar-refractivity contribution in [3.63, 3.8) is 0 Å². The van der Waals surface area contributed by atoms with Crippen LogP contribution >= 0.6 is 0 Å². The fraction of sp³-hybridized carbons (Fsp3) is 0.176. The standard InChI is InChI=1S/C17H15FN2O/c1-12-4-2-5-13(10-12)16-8-9-20(19-16)17(21)14-6-3-7-15(18)11-14/h2-7,10-11H,8-9H2,1H3. The van der Waals surface area contributed by atoms with Gasteiger partial charge in [0.2, 0.25) is 0 Å². The summed E-state index contributed by atoms with van der Waals surface area (Å²) >= 11 is 0. The lowest BCUT2D eigenvalue weighted by Crippen LogP contribution is -2.23. The molecule has 1 aliphatic heterocycles. The van der Waals surface area contributed by atoms with E-state index in [0.717, 1.165) is 16.8 Å². The molecule has 1 heterocycles. The molecule has 3 nitrogen and oxygen atoms in total. The first-order valence-corrected chi connectivity index (χ1v) is 6.85. The summed E-state index contributed by atoms with van der Waals surface area (Å²) in [5, 5.41) is 5.79. The number of nitrogens with zero attached hydrogens (tertiary/aromatic N) is 2. The van der Waals surface area contributed by atoms with Crippen LogP contribution in [0.4, 0.5) is 4.39 Å². The first-order valence-electron chi connectivity index (χ1n) is 6.85. The second-order valence-corrected chi connectivity index (χ2v) is 5.10. The Hall–Kier alpha value is -2.49. The van der Waals surface area contributed by atoms with Crippen LogP contribution in [0.5, 0.6) is 0 Å². The number of halogens is 1. The maximum absolute atomic E-state index is 13.2. The van der Waals surface area contributed by atoms with Crippen LogP contribution in [0.25, 0.3) is 0 Å². The zero-order chi connectivity index (χ0) is 14.8. The van der Waals surface area contributed by atoms with Gasteiger partial charge in [-0.15, -0.1) is 0 Å². The van der Waals surface area contributed by atoms with Crippen LogP contribution < -0.4 is 0 Å². The van der Waals surface area contributed by atoms with Crippen LogP contribution in [0, 0.1) is 12.7 Å². The number of hydrogen-bond acceptors (Lipinski definition) is 2. The van der Waals surface area contributed by atoms with Gasteiger partial charge in [-0.2, -0.15) is 5.10 Å². The summed E-state index contributed by atoms with van der Waals surface area (Å²) in [6, 6.07) is 13.7. The molecule has 0 aliphatic carbocycles. The van der Waals surface area contributed by atoms with Crippen molar-refractivity contribution in [2.75, 3.05) is 6.54 Å². The van der Waals surface area contributed by atoms with Gasteiger partial charge in [-0.3, -0.25) is 4.79 Å². The zero-order valence-corrected chi connectivity index (χ0v) is 11.7. The van der Waals surface area contributed by atoms with Crippen molar-refractivity contribution in [2.24, 2.45) is 5.10 Å². The highest BCUT2D eigenvalue weighted by molar-refractivity contribution is 6.04. The lowest BCUT2D eigenvalue weighted by atomic mass is 10.1. The van der Waals surface area contributed by atoms with E-state index >= 15 is 0 Å². The molecule has 1 amide bonds. The van der Waals surface area contributed by atoms with Crippen molar-refractivity contribution in [1.82, 2.24) is 5.01 Å². The number of aryl methyl sites for hydroxylation is 1. The average molecular weight is 282 g/mol. The number of hydrazone groups is 1. The Bertz CT molecular complexity index is 724. The molecule has 3 rings (SSSR count). The summed E-state index contributed by atoms with van der Waals surface area (Å²) in [5.74, 6) is -0.680. The second kappa shape index (κ2) is 5.48. The van der Waals surface area contributed by atoms with E-state index in [1.165, 1.54) is 23.2 Å². The molecule has 4 heteroatoms.